The Bertz CT molecular complexity index is 3870. The molecule has 0 saturated carbocycles. The molecule has 5 nitrogen and oxygen atoms in total. The summed E-state index contributed by atoms with van der Waals surface area (Å²) in [5.74, 6) is 1.82. The molecule has 274 valence electrons. The van der Waals surface area contributed by atoms with Crippen molar-refractivity contribution >= 4 is 96.8 Å². The molecule has 0 unspecified atom stereocenters. The van der Waals surface area contributed by atoms with E-state index in [0.717, 1.165) is 60.7 Å². The molecule has 59 heavy (non-hydrogen) atoms. The fourth-order valence-corrected chi connectivity index (χ4v) is 10.2. The first kappa shape index (κ1) is 32.4. The Labute approximate surface area is 341 Å². The van der Waals surface area contributed by atoms with Crippen LogP contribution in [0.15, 0.2) is 186 Å². The van der Waals surface area contributed by atoms with Gasteiger partial charge in [-0.3, -0.25) is 0 Å². The van der Waals surface area contributed by atoms with Gasteiger partial charge < -0.3 is 8.98 Å². The standard InChI is InChI=1S/C53H30N4OS/c1-2-12-32-27-35(22-21-31(32)11-1)51-54-52(36-23-24-39-38-16-7-10-20-47(38)59-48(39)30-36)56-53(55-51)41-25-26-46-49(40-17-6-9-19-45(40)58-46)50(41)57-43-18-8-5-15-37(43)42-28-33-13-3-4-14-34(33)29-44(42)57/h1-30H. The fraction of sp³-hybridized carbons (Fsp3) is 0. The first-order valence-electron chi connectivity index (χ1n) is 19.8. The summed E-state index contributed by atoms with van der Waals surface area (Å²) in [6.45, 7) is 0. The first-order valence-corrected chi connectivity index (χ1v) is 20.6. The molecule has 13 rings (SSSR count). The van der Waals surface area contributed by atoms with Gasteiger partial charge in [0.1, 0.15) is 11.2 Å². The third kappa shape index (κ3) is 4.94. The first-order chi connectivity index (χ1) is 29.2. The Morgan fingerprint density at radius 2 is 1.02 bits per heavy atom. The Morgan fingerprint density at radius 1 is 0.390 bits per heavy atom. The Morgan fingerprint density at radius 3 is 1.86 bits per heavy atom. The predicted octanol–water partition coefficient (Wildman–Crippen LogP) is 14.5. The van der Waals surface area contributed by atoms with Crippen LogP contribution in [0.3, 0.4) is 0 Å². The van der Waals surface area contributed by atoms with Gasteiger partial charge in [0.15, 0.2) is 17.5 Å². The number of aromatic nitrogens is 4. The molecule has 0 aliphatic carbocycles. The van der Waals surface area contributed by atoms with Crippen molar-refractivity contribution in [3.63, 3.8) is 0 Å². The van der Waals surface area contributed by atoms with E-state index in [1.54, 1.807) is 11.3 Å². The van der Waals surface area contributed by atoms with Gasteiger partial charge in [0.25, 0.3) is 0 Å². The van der Waals surface area contributed by atoms with Gasteiger partial charge >= 0.3 is 0 Å². The van der Waals surface area contributed by atoms with E-state index in [1.165, 1.54) is 47.1 Å². The molecule has 0 aliphatic rings. The van der Waals surface area contributed by atoms with Crippen LogP contribution in [0.4, 0.5) is 0 Å². The summed E-state index contributed by atoms with van der Waals surface area (Å²) in [6.07, 6.45) is 0. The molecule has 0 fully saturated rings. The molecular formula is C53H30N4OS. The highest BCUT2D eigenvalue weighted by atomic mass is 32.1. The van der Waals surface area contributed by atoms with E-state index in [-0.39, 0.29) is 0 Å². The second-order valence-corrected chi connectivity index (χ2v) is 16.3. The van der Waals surface area contributed by atoms with Crippen molar-refractivity contribution in [2.45, 2.75) is 0 Å². The number of hydrogen-bond acceptors (Lipinski definition) is 5. The summed E-state index contributed by atoms with van der Waals surface area (Å²) in [7, 11) is 0. The monoisotopic (exact) mass is 770 g/mol. The van der Waals surface area contributed by atoms with Crippen LogP contribution in [0.1, 0.15) is 0 Å². The highest BCUT2D eigenvalue weighted by Crippen LogP contribution is 2.44. The van der Waals surface area contributed by atoms with E-state index in [0.29, 0.717) is 17.5 Å². The van der Waals surface area contributed by atoms with Crippen molar-refractivity contribution in [3.05, 3.63) is 182 Å². The maximum atomic E-state index is 6.60. The third-order valence-corrected chi connectivity index (χ3v) is 12.9. The molecule has 0 atom stereocenters. The highest BCUT2D eigenvalue weighted by Gasteiger charge is 2.25. The summed E-state index contributed by atoms with van der Waals surface area (Å²) < 4.78 is 11.5. The van der Waals surface area contributed by atoms with Crippen LogP contribution in [-0.4, -0.2) is 19.5 Å². The number of hydrogen-bond donors (Lipinski definition) is 0. The van der Waals surface area contributed by atoms with Gasteiger partial charge in [0.05, 0.1) is 22.1 Å². The highest BCUT2D eigenvalue weighted by molar-refractivity contribution is 7.25. The zero-order valence-corrected chi connectivity index (χ0v) is 32.2. The molecule has 4 aromatic heterocycles. The molecule has 6 heteroatoms. The van der Waals surface area contributed by atoms with Gasteiger partial charge in [-0.25, -0.2) is 15.0 Å². The Balaban J connectivity index is 1.15. The second-order valence-electron chi connectivity index (χ2n) is 15.2. The van der Waals surface area contributed by atoms with Crippen LogP contribution >= 0.6 is 11.3 Å². The molecular weight excluding hydrogens is 741 g/mol. The lowest BCUT2D eigenvalue weighted by molar-refractivity contribution is 0.669. The minimum Gasteiger partial charge on any atom is -0.456 e. The quantitative estimate of drug-likeness (QED) is 0.179. The molecule has 0 aliphatic heterocycles. The van der Waals surface area contributed by atoms with E-state index >= 15 is 0 Å². The molecule has 0 amide bonds. The average molecular weight is 771 g/mol. The molecule has 4 heterocycles. The van der Waals surface area contributed by atoms with Crippen molar-refractivity contribution in [2.75, 3.05) is 0 Å². The molecule has 13 aromatic rings. The maximum Gasteiger partial charge on any atom is 0.166 e. The van der Waals surface area contributed by atoms with E-state index in [9.17, 15) is 0 Å². The second kappa shape index (κ2) is 12.4. The summed E-state index contributed by atoms with van der Waals surface area (Å²) >= 11 is 1.80. The summed E-state index contributed by atoms with van der Waals surface area (Å²) in [6, 6.07) is 64.4. The number of fused-ring (bicyclic) bond motifs is 11. The lowest BCUT2D eigenvalue weighted by Crippen LogP contribution is -2.04. The largest absolute Gasteiger partial charge is 0.456 e. The van der Waals surface area contributed by atoms with Crippen LogP contribution in [0.25, 0.3) is 125 Å². The number of para-hydroxylation sites is 2. The van der Waals surface area contributed by atoms with Crippen LogP contribution in [0, 0.1) is 0 Å². The van der Waals surface area contributed by atoms with Crippen molar-refractivity contribution in [3.8, 4) is 39.9 Å². The molecule has 0 saturated heterocycles. The van der Waals surface area contributed by atoms with Crippen molar-refractivity contribution in [2.24, 2.45) is 0 Å². The van der Waals surface area contributed by atoms with Gasteiger partial charge in [0, 0.05) is 53.0 Å². The zero-order chi connectivity index (χ0) is 38.6. The normalized spacial score (nSPS) is 12.1. The van der Waals surface area contributed by atoms with Gasteiger partial charge in [0.2, 0.25) is 0 Å². The summed E-state index contributed by atoms with van der Waals surface area (Å²) in [5.41, 5.74) is 7.54. The predicted molar refractivity (Wildman–Crippen MR) is 246 cm³/mol. The topological polar surface area (TPSA) is 56.7 Å². The average Bonchev–Trinajstić information content (AvgIpc) is 3.97. The maximum absolute atomic E-state index is 6.60. The van der Waals surface area contributed by atoms with Crippen LogP contribution in [-0.2, 0) is 0 Å². The lowest BCUT2D eigenvalue weighted by Gasteiger charge is -2.16. The summed E-state index contributed by atoms with van der Waals surface area (Å²) in [4.78, 5) is 16.1. The van der Waals surface area contributed by atoms with Crippen LogP contribution in [0.2, 0.25) is 0 Å². The molecule has 0 N–H and O–H groups in total. The van der Waals surface area contributed by atoms with Gasteiger partial charge in [-0.2, -0.15) is 0 Å². The molecule has 9 aromatic carbocycles. The zero-order valence-electron chi connectivity index (χ0n) is 31.4. The van der Waals surface area contributed by atoms with E-state index in [4.69, 9.17) is 19.4 Å². The van der Waals surface area contributed by atoms with E-state index in [1.807, 2.05) is 12.1 Å². The third-order valence-electron chi connectivity index (χ3n) is 11.8. The minimum atomic E-state index is 0.587. The number of nitrogens with zero attached hydrogens (tertiary/aromatic N) is 4. The van der Waals surface area contributed by atoms with Crippen molar-refractivity contribution in [1.29, 1.82) is 0 Å². The van der Waals surface area contributed by atoms with E-state index in [2.05, 4.69) is 174 Å². The molecule has 0 bridgehead atoms. The van der Waals surface area contributed by atoms with E-state index < -0.39 is 0 Å². The fourth-order valence-electron chi connectivity index (χ4n) is 9.06. The Hall–Kier alpha value is -7.67. The lowest BCUT2D eigenvalue weighted by atomic mass is 10.0. The molecule has 0 radical (unpaired) electrons. The number of benzene rings is 9. The number of thiophene rings is 1. The minimum absolute atomic E-state index is 0.587. The van der Waals surface area contributed by atoms with Gasteiger partial charge in [-0.15, -0.1) is 11.3 Å². The summed E-state index contributed by atoms with van der Waals surface area (Å²) in [5, 5.41) is 11.6. The molecule has 0 spiro atoms. The Kier molecular flexibility index (Phi) is 6.82. The number of furan rings is 1. The smallest absolute Gasteiger partial charge is 0.166 e. The van der Waals surface area contributed by atoms with Crippen molar-refractivity contribution < 1.29 is 4.42 Å². The van der Waals surface area contributed by atoms with Crippen LogP contribution in [0.5, 0.6) is 0 Å². The number of rotatable bonds is 4. The van der Waals surface area contributed by atoms with Crippen LogP contribution < -0.4 is 0 Å². The van der Waals surface area contributed by atoms with Gasteiger partial charge in [-0.1, -0.05) is 127 Å². The van der Waals surface area contributed by atoms with Gasteiger partial charge in [-0.05, 0) is 76.1 Å². The SMILES string of the molecule is c1ccc2cc(-c3nc(-c4ccc5c(c4)sc4ccccc45)nc(-c4ccc5oc6ccccc6c5c4-n4c5ccccc5c5cc6ccccc6cc54)n3)ccc2c1. The van der Waals surface area contributed by atoms with Crippen molar-refractivity contribution in [1.82, 2.24) is 19.5 Å².